The number of rotatable bonds is 9. The number of carbonyl (C=O) groups is 3. The van der Waals surface area contributed by atoms with Crippen molar-refractivity contribution in [2.24, 2.45) is 0 Å². The standard InChI is InChI=1S/C24H27N5O4S/c1-5-29-21(16(3)25-22(31)17-12-10-15(2)11-13-17)27-28-24(29)34-14-20(30)26-19-9-7-6-8-18(19)23(32)33-4/h6-13,16H,5,14H2,1-4H3,(H,25,31)(H,26,30)/t16-/m1/s1. The van der Waals surface area contributed by atoms with Gasteiger partial charge in [0.1, 0.15) is 0 Å². The molecular formula is C24H27N5O4S. The third kappa shape index (κ3) is 6.02. The SMILES string of the molecule is CCn1c(SCC(=O)Nc2ccccc2C(=O)OC)nnc1[C@@H](C)NC(=O)c1ccc(C)cc1. The Morgan fingerprint density at radius 2 is 1.79 bits per heavy atom. The topological polar surface area (TPSA) is 115 Å². The highest BCUT2D eigenvalue weighted by molar-refractivity contribution is 7.99. The summed E-state index contributed by atoms with van der Waals surface area (Å²) in [6.07, 6.45) is 0. The predicted octanol–water partition coefficient (Wildman–Crippen LogP) is 3.61. The van der Waals surface area contributed by atoms with E-state index in [4.69, 9.17) is 4.74 Å². The lowest BCUT2D eigenvalue weighted by molar-refractivity contribution is -0.113. The number of benzene rings is 2. The summed E-state index contributed by atoms with van der Waals surface area (Å²) < 4.78 is 6.62. The van der Waals surface area contributed by atoms with Gasteiger partial charge < -0.3 is 19.9 Å². The Kier molecular flexibility index (Phi) is 8.42. The van der Waals surface area contributed by atoms with E-state index in [-0.39, 0.29) is 29.2 Å². The summed E-state index contributed by atoms with van der Waals surface area (Å²) in [6, 6.07) is 13.6. The van der Waals surface area contributed by atoms with Gasteiger partial charge in [-0.25, -0.2) is 4.79 Å². The number of hydrogen-bond acceptors (Lipinski definition) is 7. The van der Waals surface area contributed by atoms with Crippen molar-refractivity contribution in [1.82, 2.24) is 20.1 Å². The summed E-state index contributed by atoms with van der Waals surface area (Å²) in [5.74, 6) is -0.356. The average Bonchev–Trinajstić information content (AvgIpc) is 3.26. The van der Waals surface area contributed by atoms with E-state index in [0.29, 0.717) is 28.8 Å². The number of ether oxygens (including phenoxy) is 1. The highest BCUT2D eigenvalue weighted by atomic mass is 32.2. The second kappa shape index (κ2) is 11.5. The first-order chi connectivity index (χ1) is 16.3. The van der Waals surface area contributed by atoms with E-state index in [1.54, 1.807) is 36.4 Å². The lowest BCUT2D eigenvalue weighted by Gasteiger charge is -2.15. The molecule has 2 N–H and O–H groups in total. The van der Waals surface area contributed by atoms with Crippen molar-refractivity contribution < 1.29 is 19.1 Å². The molecule has 0 radical (unpaired) electrons. The molecule has 0 spiro atoms. The van der Waals surface area contributed by atoms with Crippen molar-refractivity contribution in [3.63, 3.8) is 0 Å². The van der Waals surface area contributed by atoms with Crippen LogP contribution in [0.1, 0.15) is 52.0 Å². The summed E-state index contributed by atoms with van der Waals surface area (Å²) in [5, 5.41) is 14.7. The Morgan fingerprint density at radius 1 is 1.09 bits per heavy atom. The van der Waals surface area contributed by atoms with Crippen LogP contribution in [-0.4, -0.2) is 45.4 Å². The molecule has 0 aliphatic rings. The number of nitrogens with zero attached hydrogens (tertiary/aromatic N) is 3. The number of thioether (sulfide) groups is 1. The summed E-state index contributed by atoms with van der Waals surface area (Å²) in [5.41, 5.74) is 2.30. The lowest BCUT2D eigenvalue weighted by atomic mass is 10.1. The Labute approximate surface area is 202 Å². The number of methoxy groups -OCH3 is 1. The van der Waals surface area contributed by atoms with Crippen molar-refractivity contribution >= 4 is 35.2 Å². The number of aryl methyl sites for hydroxylation is 1. The average molecular weight is 482 g/mol. The number of nitrogens with one attached hydrogen (secondary N) is 2. The first kappa shape index (κ1) is 25.0. The number of esters is 1. The van der Waals surface area contributed by atoms with Crippen molar-refractivity contribution in [1.29, 1.82) is 0 Å². The molecule has 0 saturated heterocycles. The van der Waals surface area contributed by atoms with Gasteiger partial charge in [0.2, 0.25) is 5.91 Å². The highest BCUT2D eigenvalue weighted by Gasteiger charge is 2.20. The van der Waals surface area contributed by atoms with Crippen LogP contribution in [0.2, 0.25) is 0 Å². The molecule has 0 bridgehead atoms. The van der Waals surface area contributed by atoms with Crippen LogP contribution in [0, 0.1) is 6.92 Å². The van der Waals surface area contributed by atoms with Gasteiger partial charge in [0.25, 0.3) is 5.91 Å². The first-order valence-corrected chi connectivity index (χ1v) is 11.7. The molecule has 2 amide bonds. The van der Waals surface area contributed by atoms with Crippen LogP contribution in [0.15, 0.2) is 53.7 Å². The number of hydrogen-bond donors (Lipinski definition) is 2. The first-order valence-electron chi connectivity index (χ1n) is 10.7. The smallest absolute Gasteiger partial charge is 0.339 e. The van der Waals surface area contributed by atoms with E-state index in [0.717, 1.165) is 5.56 Å². The third-order valence-corrected chi connectivity index (χ3v) is 6.02. The van der Waals surface area contributed by atoms with Gasteiger partial charge in [0, 0.05) is 12.1 Å². The predicted molar refractivity (Wildman–Crippen MR) is 130 cm³/mol. The zero-order valence-electron chi connectivity index (χ0n) is 19.5. The van der Waals surface area contributed by atoms with Crippen LogP contribution in [0.25, 0.3) is 0 Å². The zero-order valence-corrected chi connectivity index (χ0v) is 20.3. The van der Waals surface area contributed by atoms with E-state index in [1.165, 1.54) is 18.9 Å². The molecule has 1 aromatic heterocycles. The fourth-order valence-electron chi connectivity index (χ4n) is 3.27. The second-order valence-corrected chi connectivity index (χ2v) is 8.46. The van der Waals surface area contributed by atoms with E-state index in [9.17, 15) is 14.4 Å². The van der Waals surface area contributed by atoms with Gasteiger partial charge in [-0.3, -0.25) is 9.59 Å². The van der Waals surface area contributed by atoms with Crippen molar-refractivity contribution in [3.8, 4) is 0 Å². The molecule has 9 nitrogen and oxygen atoms in total. The molecule has 34 heavy (non-hydrogen) atoms. The van der Waals surface area contributed by atoms with E-state index < -0.39 is 5.97 Å². The fourth-order valence-corrected chi connectivity index (χ4v) is 4.08. The van der Waals surface area contributed by atoms with Crippen LogP contribution >= 0.6 is 11.8 Å². The summed E-state index contributed by atoms with van der Waals surface area (Å²) in [6.45, 7) is 6.32. The van der Waals surface area contributed by atoms with E-state index >= 15 is 0 Å². The number of para-hydroxylation sites is 1. The molecule has 2 aromatic carbocycles. The zero-order chi connectivity index (χ0) is 24.7. The molecule has 1 heterocycles. The number of aromatic nitrogens is 3. The molecule has 10 heteroatoms. The van der Waals surface area contributed by atoms with Crippen LogP contribution in [0.3, 0.4) is 0 Å². The molecule has 0 aliphatic heterocycles. The largest absolute Gasteiger partial charge is 0.465 e. The molecule has 0 unspecified atom stereocenters. The van der Waals surface area contributed by atoms with Crippen molar-refractivity contribution in [2.45, 2.75) is 38.5 Å². The highest BCUT2D eigenvalue weighted by Crippen LogP contribution is 2.22. The molecule has 0 aliphatic carbocycles. The molecule has 0 fully saturated rings. The van der Waals surface area contributed by atoms with Crippen molar-refractivity contribution in [3.05, 3.63) is 71.0 Å². The van der Waals surface area contributed by atoms with Crippen LogP contribution in [-0.2, 0) is 16.1 Å². The molecule has 3 rings (SSSR count). The summed E-state index contributed by atoms with van der Waals surface area (Å²) in [7, 11) is 1.29. The fraction of sp³-hybridized carbons (Fsp3) is 0.292. The maximum absolute atomic E-state index is 12.6. The van der Waals surface area contributed by atoms with Gasteiger partial charge in [-0.05, 0) is 45.0 Å². The normalized spacial score (nSPS) is 11.5. The summed E-state index contributed by atoms with van der Waals surface area (Å²) in [4.78, 5) is 37.0. The van der Waals surface area contributed by atoms with Crippen molar-refractivity contribution in [2.75, 3.05) is 18.2 Å². The van der Waals surface area contributed by atoms with Gasteiger partial charge in [0.15, 0.2) is 11.0 Å². The Bertz CT molecular complexity index is 1180. The Morgan fingerprint density at radius 3 is 2.47 bits per heavy atom. The minimum absolute atomic E-state index is 0.0672. The molecule has 3 aromatic rings. The van der Waals surface area contributed by atoms with Gasteiger partial charge >= 0.3 is 5.97 Å². The van der Waals surface area contributed by atoms with Gasteiger partial charge in [-0.2, -0.15) is 0 Å². The summed E-state index contributed by atoms with van der Waals surface area (Å²) >= 11 is 1.22. The molecule has 1 atom stereocenters. The van der Waals surface area contributed by atoms with E-state index in [2.05, 4.69) is 20.8 Å². The quantitative estimate of drug-likeness (QED) is 0.354. The van der Waals surface area contributed by atoms with Crippen LogP contribution in [0.5, 0.6) is 0 Å². The number of anilines is 1. The van der Waals surface area contributed by atoms with Crippen LogP contribution in [0.4, 0.5) is 5.69 Å². The molecule has 178 valence electrons. The van der Waals surface area contributed by atoms with Gasteiger partial charge in [-0.15, -0.1) is 10.2 Å². The molecular weight excluding hydrogens is 454 g/mol. The lowest BCUT2D eigenvalue weighted by Crippen LogP contribution is -2.28. The Hall–Kier alpha value is -3.66. The maximum Gasteiger partial charge on any atom is 0.339 e. The van der Waals surface area contributed by atoms with Crippen LogP contribution < -0.4 is 10.6 Å². The number of carbonyl (C=O) groups excluding carboxylic acids is 3. The molecule has 0 saturated carbocycles. The third-order valence-electron chi connectivity index (χ3n) is 5.05. The van der Waals surface area contributed by atoms with Gasteiger partial charge in [0.05, 0.1) is 30.2 Å². The maximum atomic E-state index is 12.6. The second-order valence-electron chi connectivity index (χ2n) is 7.52. The minimum atomic E-state index is -0.527. The van der Waals surface area contributed by atoms with Gasteiger partial charge in [-0.1, -0.05) is 41.6 Å². The Balaban J connectivity index is 1.64. The monoisotopic (exact) mass is 481 g/mol. The number of amides is 2. The van der Waals surface area contributed by atoms with E-state index in [1.807, 2.05) is 37.5 Å². The minimum Gasteiger partial charge on any atom is -0.465 e.